The fraction of sp³-hybridized carbons (Fsp3) is 0.647. The molecule has 2 saturated heterocycles. The summed E-state index contributed by atoms with van der Waals surface area (Å²) >= 11 is 6.00. The van der Waals surface area contributed by atoms with E-state index in [-0.39, 0.29) is 12.4 Å². The standard InChI is InChI=1S/C17H24ClFN2.ClH/c1-16(5-8-20-12-16)13-21-9-6-17(19,7-10-21)14-3-2-4-15(18)11-14;/h2-4,11,20H,5-10,12-13H2,1H3;1H. The van der Waals surface area contributed by atoms with Crippen molar-refractivity contribution < 1.29 is 4.39 Å². The maximum absolute atomic E-state index is 15.2. The van der Waals surface area contributed by atoms with Gasteiger partial charge in [-0.1, -0.05) is 30.7 Å². The third-order valence-electron chi connectivity index (χ3n) is 5.05. The lowest BCUT2D eigenvalue weighted by Crippen LogP contribution is -2.45. The van der Waals surface area contributed by atoms with Crippen molar-refractivity contribution >= 4 is 24.0 Å². The highest BCUT2D eigenvalue weighted by Gasteiger charge is 2.38. The minimum atomic E-state index is -1.21. The lowest BCUT2D eigenvalue weighted by atomic mass is 9.84. The van der Waals surface area contributed by atoms with Crippen LogP contribution in [-0.4, -0.2) is 37.6 Å². The van der Waals surface area contributed by atoms with Gasteiger partial charge in [-0.3, -0.25) is 0 Å². The summed E-state index contributed by atoms with van der Waals surface area (Å²) in [7, 11) is 0. The molecule has 22 heavy (non-hydrogen) atoms. The average Bonchev–Trinajstić information content (AvgIpc) is 2.88. The van der Waals surface area contributed by atoms with Gasteiger partial charge in [-0.25, -0.2) is 4.39 Å². The van der Waals surface area contributed by atoms with Crippen LogP contribution in [0.2, 0.25) is 5.02 Å². The summed E-state index contributed by atoms with van der Waals surface area (Å²) < 4.78 is 15.2. The minimum absolute atomic E-state index is 0. The number of nitrogens with one attached hydrogen (secondary N) is 1. The minimum Gasteiger partial charge on any atom is -0.316 e. The first-order chi connectivity index (χ1) is 9.99. The number of halogens is 3. The Kier molecular flexibility index (Phi) is 5.76. The van der Waals surface area contributed by atoms with Crippen molar-refractivity contribution in [2.45, 2.75) is 31.9 Å². The molecule has 0 aromatic heterocycles. The third-order valence-corrected chi connectivity index (χ3v) is 5.29. The van der Waals surface area contributed by atoms with E-state index < -0.39 is 5.67 Å². The van der Waals surface area contributed by atoms with Crippen molar-refractivity contribution in [1.29, 1.82) is 0 Å². The largest absolute Gasteiger partial charge is 0.316 e. The van der Waals surface area contributed by atoms with Gasteiger partial charge in [0.2, 0.25) is 0 Å². The lowest BCUT2D eigenvalue weighted by molar-refractivity contribution is 0.0393. The van der Waals surface area contributed by atoms with Crippen LogP contribution in [-0.2, 0) is 5.67 Å². The van der Waals surface area contributed by atoms with Gasteiger partial charge in [-0.15, -0.1) is 12.4 Å². The van der Waals surface area contributed by atoms with Crippen LogP contribution in [0.1, 0.15) is 31.7 Å². The summed E-state index contributed by atoms with van der Waals surface area (Å²) in [5.41, 5.74) is -0.119. The molecule has 1 atom stereocenters. The Balaban J connectivity index is 0.00000176. The smallest absolute Gasteiger partial charge is 0.138 e. The zero-order valence-electron chi connectivity index (χ0n) is 13.1. The molecule has 1 N–H and O–H groups in total. The van der Waals surface area contributed by atoms with Crippen molar-refractivity contribution in [2.24, 2.45) is 5.41 Å². The molecule has 124 valence electrons. The predicted octanol–water partition coefficient (Wildman–Crippen LogP) is 4.02. The molecule has 2 heterocycles. The lowest BCUT2D eigenvalue weighted by Gasteiger charge is -2.40. The van der Waals surface area contributed by atoms with Gasteiger partial charge in [0.15, 0.2) is 0 Å². The molecule has 3 rings (SSSR count). The first kappa shape index (κ1) is 18.0. The number of nitrogens with zero attached hydrogens (tertiary/aromatic N) is 1. The summed E-state index contributed by atoms with van der Waals surface area (Å²) in [5.74, 6) is 0. The molecule has 0 amide bonds. The van der Waals surface area contributed by atoms with E-state index >= 15 is 4.39 Å². The zero-order valence-corrected chi connectivity index (χ0v) is 14.7. The molecule has 0 radical (unpaired) electrons. The highest BCUT2D eigenvalue weighted by molar-refractivity contribution is 6.30. The summed E-state index contributed by atoms with van der Waals surface area (Å²) in [5, 5.41) is 4.06. The summed E-state index contributed by atoms with van der Waals surface area (Å²) in [6, 6.07) is 7.29. The van der Waals surface area contributed by atoms with Crippen LogP contribution in [0.5, 0.6) is 0 Å². The number of rotatable bonds is 3. The van der Waals surface area contributed by atoms with Crippen molar-refractivity contribution in [3.8, 4) is 0 Å². The zero-order chi connectivity index (χ0) is 14.9. The monoisotopic (exact) mass is 346 g/mol. The predicted molar refractivity (Wildman–Crippen MR) is 92.8 cm³/mol. The molecule has 2 nitrogen and oxygen atoms in total. The number of hydrogen-bond acceptors (Lipinski definition) is 2. The number of likely N-dealkylation sites (tertiary alicyclic amines) is 1. The molecular weight excluding hydrogens is 322 g/mol. The van der Waals surface area contributed by atoms with Crippen LogP contribution in [0, 0.1) is 5.41 Å². The van der Waals surface area contributed by atoms with Crippen LogP contribution in [0.25, 0.3) is 0 Å². The second-order valence-electron chi connectivity index (χ2n) is 6.99. The van der Waals surface area contributed by atoms with Gasteiger partial charge in [0, 0.05) is 31.2 Å². The Morgan fingerprint density at radius 1 is 1.27 bits per heavy atom. The van der Waals surface area contributed by atoms with E-state index in [4.69, 9.17) is 11.6 Å². The van der Waals surface area contributed by atoms with Crippen LogP contribution < -0.4 is 5.32 Å². The average molecular weight is 347 g/mol. The molecule has 1 aromatic rings. The van der Waals surface area contributed by atoms with Crippen molar-refractivity contribution in [1.82, 2.24) is 10.2 Å². The van der Waals surface area contributed by atoms with Crippen molar-refractivity contribution in [3.05, 3.63) is 34.9 Å². The number of alkyl halides is 1. The van der Waals surface area contributed by atoms with Crippen molar-refractivity contribution in [2.75, 3.05) is 32.7 Å². The fourth-order valence-electron chi connectivity index (χ4n) is 3.66. The Bertz CT molecular complexity index is 495. The van der Waals surface area contributed by atoms with Crippen LogP contribution in [0.4, 0.5) is 4.39 Å². The molecule has 0 spiro atoms. The van der Waals surface area contributed by atoms with Gasteiger partial charge in [0.05, 0.1) is 0 Å². The quantitative estimate of drug-likeness (QED) is 0.888. The number of piperidine rings is 1. The summed E-state index contributed by atoms with van der Waals surface area (Å²) in [6.45, 7) is 7.27. The third kappa shape index (κ3) is 3.94. The fourth-order valence-corrected chi connectivity index (χ4v) is 3.86. The molecule has 2 aliphatic rings. The Hall–Kier alpha value is -0.350. The molecule has 1 unspecified atom stereocenters. The first-order valence-corrected chi connectivity index (χ1v) is 8.25. The second-order valence-corrected chi connectivity index (χ2v) is 7.43. The molecule has 0 aliphatic carbocycles. The van der Waals surface area contributed by atoms with Crippen molar-refractivity contribution in [3.63, 3.8) is 0 Å². The maximum Gasteiger partial charge on any atom is 0.138 e. The molecule has 2 aliphatic heterocycles. The van der Waals surface area contributed by atoms with Gasteiger partial charge < -0.3 is 10.2 Å². The molecule has 0 bridgehead atoms. The molecule has 5 heteroatoms. The molecular formula is C17H25Cl2FN2. The van der Waals surface area contributed by atoms with E-state index in [1.807, 2.05) is 12.1 Å². The van der Waals surface area contributed by atoms with Gasteiger partial charge in [0.1, 0.15) is 5.67 Å². The summed E-state index contributed by atoms with van der Waals surface area (Å²) in [4.78, 5) is 2.43. The maximum atomic E-state index is 15.2. The van der Waals surface area contributed by atoms with E-state index in [2.05, 4.69) is 17.1 Å². The normalized spacial score (nSPS) is 28.3. The number of hydrogen-bond donors (Lipinski definition) is 1. The van der Waals surface area contributed by atoms with Gasteiger partial charge in [-0.2, -0.15) is 0 Å². The first-order valence-electron chi connectivity index (χ1n) is 7.87. The SMILES string of the molecule is CC1(CN2CCC(F)(c3cccc(Cl)c3)CC2)CCNC1.Cl. The van der Waals surface area contributed by atoms with E-state index in [1.165, 1.54) is 6.42 Å². The van der Waals surface area contributed by atoms with Crippen LogP contribution >= 0.6 is 24.0 Å². The topological polar surface area (TPSA) is 15.3 Å². The van der Waals surface area contributed by atoms with Gasteiger partial charge in [0.25, 0.3) is 0 Å². The number of benzene rings is 1. The van der Waals surface area contributed by atoms with E-state index in [1.54, 1.807) is 12.1 Å². The Labute approximate surface area is 143 Å². The molecule has 1 aromatic carbocycles. The Morgan fingerprint density at radius 2 is 2.00 bits per heavy atom. The summed E-state index contributed by atoms with van der Waals surface area (Å²) in [6.07, 6.45) is 2.35. The van der Waals surface area contributed by atoms with Gasteiger partial charge in [-0.05, 0) is 48.9 Å². The van der Waals surface area contributed by atoms with E-state index in [0.29, 0.717) is 23.3 Å². The van der Waals surface area contributed by atoms with Crippen LogP contribution in [0.3, 0.4) is 0 Å². The highest BCUT2D eigenvalue weighted by Crippen LogP contribution is 2.39. The molecule has 2 fully saturated rings. The second kappa shape index (κ2) is 7.04. The Morgan fingerprint density at radius 3 is 2.59 bits per heavy atom. The highest BCUT2D eigenvalue weighted by atomic mass is 35.5. The van der Waals surface area contributed by atoms with Gasteiger partial charge >= 0.3 is 0 Å². The van der Waals surface area contributed by atoms with Crippen LogP contribution in [0.15, 0.2) is 24.3 Å². The van der Waals surface area contributed by atoms with E-state index in [0.717, 1.165) is 38.3 Å². The molecule has 0 saturated carbocycles. The van der Waals surface area contributed by atoms with E-state index in [9.17, 15) is 0 Å².